The van der Waals surface area contributed by atoms with Gasteiger partial charge in [0.05, 0.1) is 0 Å². The molecule has 0 fully saturated rings. The maximum Gasteiger partial charge on any atom is 0.328 e. The SMILES string of the molecule is c1ccc(B2c3ccc(-c4cccc5c4oc4ccccc45)cc3-c3cc(-c4cccc5c4sc4ccccc45)ccc3N2c2ccccc2)cc1. The van der Waals surface area contributed by atoms with Crippen LogP contribution in [0.3, 0.4) is 0 Å². The largest absolute Gasteiger partial charge is 0.455 e. The van der Waals surface area contributed by atoms with Crippen LogP contribution in [0.15, 0.2) is 186 Å². The van der Waals surface area contributed by atoms with Crippen molar-refractivity contribution in [3.05, 3.63) is 182 Å². The molecule has 242 valence electrons. The molecule has 8 aromatic carbocycles. The average Bonchev–Trinajstić information content (AvgIpc) is 3.79. The molecule has 0 unspecified atom stereocenters. The normalized spacial score (nSPS) is 12.5. The second-order valence-corrected chi connectivity index (χ2v) is 14.7. The number of thiophene rings is 1. The number of benzene rings is 8. The summed E-state index contributed by atoms with van der Waals surface area (Å²) in [7, 11) is 0. The first-order chi connectivity index (χ1) is 25.8. The Morgan fingerprint density at radius 2 is 1.12 bits per heavy atom. The van der Waals surface area contributed by atoms with Gasteiger partial charge in [0, 0.05) is 53.4 Å². The summed E-state index contributed by atoms with van der Waals surface area (Å²) in [5.74, 6) is 0. The highest BCUT2D eigenvalue weighted by Crippen LogP contribution is 2.46. The van der Waals surface area contributed by atoms with Crippen LogP contribution in [0.5, 0.6) is 0 Å². The van der Waals surface area contributed by atoms with Gasteiger partial charge in [-0.25, -0.2) is 0 Å². The smallest absolute Gasteiger partial charge is 0.328 e. The molecule has 4 heteroatoms. The Bertz CT molecular complexity index is 2780. The van der Waals surface area contributed by atoms with Crippen LogP contribution >= 0.6 is 11.3 Å². The summed E-state index contributed by atoms with van der Waals surface area (Å²) < 4.78 is 9.20. The highest BCUT2D eigenvalue weighted by molar-refractivity contribution is 7.26. The van der Waals surface area contributed by atoms with Crippen molar-refractivity contribution in [3.8, 4) is 33.4 Å². The highest BCUT2D eigenvalue weighted by atomic mass is 32.1. The fraction of sp³-hybridized carbons (Fsp3) is 0. The lowest BCUT2D eigenvalue weighted by Crippen LogP contribution is -2.57. The van der Waals surface area contributed by atoms with E-state index in [1.54, 1.807) is 0 Å². The van der Waals surface area contributed by atoms with Gasteiger partial charge in [0.25, 0.3) is 0 Å². The zero-order valence-corrected chi connectivity index (χ0v) is 29.0. The van der Waals surface area contributed by atoms with E-state index in [4.69, 9.17) is 4.42 Å². The summed E-state index contributed by atoms with van der Waals surface area (Å²) in [6.45, 7) is -0.0148. The quantitative estimate of drug-likeness (QED) is 0.172. The molecule has 10 aromatic rings. The van der Waals surface area contributed by atoms with E-state index in [9.17, 15) is 0 Å². The molecule has 2 aromatic heterocycles. The van der Waals surface area contributed by atoms with Crippen LogP contribution in [0.4, 0.5) is 11.4 Å². The molecule has 0 spiro atoms. The Morgan fingerprint density at radius 3 is 1.98 bits per heavy atom. The summed E-state index contributed by atoms with van der Waals surface area (Å²) >= 11 is 1.88. The second-order valence-electron chi connectivity index (χ2n) is 13.6. The van der Waals surface area contributed by atoms with E-state index in [-0.39, 0.29) is 6.85 Å². The molecule has 2 nitrogen and oxygen atoms in total. The van der Waals surface area contributed by atoms with E-state index in [1.165, 1.54) is 64.7 Å². The predicted octanol–water partition coefficient (Wildman–Crippen LogP) is 12.2. The molecule has 0 amide bonds. The van der Waals surface area contributed by atoms with E-state index in [0.29, 0.717) is 0 Å². The summed E-state index contributed by atoms with van der Waals surface area (Å²) in [6.07, 6.45) is 0. The van der Waals surface area contributed by atoms with Gasteiger partial charge in [-0.05, 0) is 70.2 Å². The van der Waals surface area contributed by atoms with Crippen LogP contribution in [0.2, 0.25) is 0 Å². The van der Waals surface area contributed by atoms with Crippen LogP contribution in [-0.4, -0.2) is 6.85 Å². The number of fused-ring (bicyclic) bond motifs is 9. The summed E-state index contributed by atoms with van der Waals surface area (Å²) in [5, 5.41) is 4.92. The monoisotopic (exact) mass is 679 g/mol. The molecule has 11 rings (SSSR count). The van der Waals surface area contributed by atoms with Gasteiger partial charge in [-0.15, -0.1) is 11.3 Å². The minimum Gasteiger partial charge on any atom is -0.455 e. The molecular weight excluding hydrogens is 649 g/mol. The molecule has 1 aliphatic rings. The topological polar surface area (TPSA) is 16.4 Å². The molecule has 52 heavy (non-hydrogen) atoms. The molecule has 0 aliphatic carbocycles. The zero-order valence-electron chi connectivity index (χ0n) is 28.2. The van der Waals surface area contributed by atoms with E-state index in [2.05, 4.69) is 181 Å². The lowest BCUT2D eigenvalue weighted by molar-refractivity contribution is 0.670. The van der Waals surface area contributed by atoms with Crippen LogP contribution in [0, 0.1) is 0 Å². The molecular formula is C48H30BNOS. The molecule has 0 N–H and O–H groups in total. The van der Waals surface area contributed by atoms with Crippen molar-refractivity contribution in [2.45, 2.75) is 0 Å². The van der Waals surface area contributed by atoms with Crippen LogP contribution in [-0.2, 0) is 0 Å². The highest BCUT2D eigenvalue weighted by Gasteiger charge is 2.37. The number of rotatable bonds is 4. The molecule has 0 bridgehead atoms. The predicted molar refractivity (Wildman–Crippen MR) is 223 cm³/mol. The minimum atomic E-state index is -0.0148. The van der Waals surface area contributed by atoms with E-state index in [0.717, 1.165) is 33.1 Å². The third-order valence-corrected chi connectivity index (χ3v) is 12.0. The fourth-order valence-electron chi connectivity index (χ4n) is 8.39. The Hall–Kier alpha value is -6.36. The lowest BCUT2D eigenvalue weighted by Gasteiger charge is -2.39. The zero-order chi connectivity index (χ0) is 34.2. The van der Waals surface area contributed by atoms with Crippen molar-refractivity contribution in [1.29, 1.82) is 0 Å². The lowest BCUT2D eigenvalue weighted by atomic mass is 9.45. The van der Waals surface area contributed by atoms with Gasteiger partial charge in [0.1, 0.15) is 11.2 Å². The Kier molecular flexibility index (Phi) is 6.55. The third kappa shape index (κ3) is 4.44. The fourth-order valence-corrected chi connectivity index (χ4v) is 9.63. The Morgan fingerprint density at radius 1 is 0.462 bits per heavy atom. The first kappa shape index (κ1) is 29.4. The maximum atomic E-state index is 6.55. The number of hydrogen-bond donors (Lipinski definition) is 0. The summed E-state index contributed by atoms with van der Waals surface area (Å²) in [5.41, 5.74) is 13.9. The Balaban J connectivity index is 1.18. The van der Waals surface area contributed by atoms with Crippen molar-refractivity contribution >= 4 is 82.6 Å². The summed E-state index contributed by atoms with van der Waals surface area (Å²) in [6, 6.07) is 66.2. The van der Waals surface area contributed by atoms with Crippen LogP contribution in [0.1, 0.15) is 0 Å². The average molecular weight is 680 g/mol. The van der Waals surface area contributed by atoms with Crippen molar-refractivity contribution in [3.63, 3.8) is 0 Å². The molecule has 0 saturated carbocycles. The van der Waals surface area contributed by atoms with Gasteiger partial charge in [-0.1, -0.05) is 145 Å². The molecule has 0 atom stereocenters. The number of anilines is 2. The first-order valence-corrected chi connectivity index (χ1v) is 18.6. The Labute approximate surface area is 305 Å². The summed E-state index contributed by atoms with van der Waals surface area (Å²) in [4.78, 5) is 2.52. The van der Waals surface area contributed by atoms with Gasteiger partial charge >= 0.3 is 6.85 Å². The van der Waals surface area contributed by atoms with Gasteiger partial charge < -0.3 is 9.23 Å². The van der Waals surface area contributed by atoms with Crippen molar-refractivity contribution < 1.29 is 4.42 Å². The minimum absolute atomic E-state index is 0.0148. The van der Waals surface area contributed by atoms with Gasteiger partial charge in [0.15, 0.2) is 0 Å². The number of para-hydroxylation sites is 3. The third-order valence-electron chi connectivity index (χ3n) is 10.7. The number of hydrogen-bond acceptors (Lipinski definition) is 3. The first-order valence-electron chi connectivity index (χ1n) is 17.8. The van der Waals surface area contributed by atoms with Gasteiger partial charge in [0.2, 0.25) is 0 Å². The van der Waals surface area contributed by atoms with Crippen molar-refractivity contribution in [2.75, 3.05) is 4.81 Å². The molecule has 0 radical (unpaired) electrons. The van der Waals surface area contributed by atoms with Crippen LogP contribution in [0.25, 0.3) is 75.5 Å². The van der Waals surface area contributed by atoms with Crippen molar-refractivity contribution in [2.24, 2.45) is 0 Å². The van der Waals surface area contributed by atoms with E-state index in [1.807, 2.05) is 17.4 Å². The van der Waals surface area contributed by atoms with E-state index < -0.39 is 0 Å². The maximum absolute atomic E-state index is 6.55. The molecule has 0 saturated heterocycles. The van der Waals surface area contributed by atoms with Gasteiger partial charge in [-0.3, -0.25) is 0 Å². The second kappa shape index (κ2) is 11.6. The van der Waals surface area contributed by atoms with Crippen LogP contribution < -0.4 is 15.7 Å². The number of furan rings is 1. The number of nitrogens with zero attached hydrogens (tertiary/aromatic N) is 1. The molecule has 3 heterocycles. The van der Waals surface area contributed by atoms with E-state index >= 15 is 0 Å². The van der Waals surface area contributed by atoms with Crippen molar-refractivity contribution in [1.82, 2.24) is 0 Å². The molecule has 1 aliphatic heterocycles. The van der Waals surface area contributed by atoms with Gasteiger partial charge in [-0.2, -0.15) is 0 Å². The standard InChI is InChI=1S/C48H30BNOS/c1-3-13-33(14-4-1)49-43-27-25-31(35-19-11-21-39-37-17-7-9-23-45(37)51-47(35)39)29-41(43)42-30-32(26-28-44(42)50(49)34-15-5-2-6-16-34)36-20-12-22-40-38-18-8-10-24-46(38)52-48(36)40/h1-30H.